The summed E-state index contributed by atoms with van der Waals surface area (Å²) in [5.41, 5.74) is 9.87. The predicted octanol–water partition coefficient (Wildman–Crippen LogP) is 4.62. The van der Waals surface area contributed by atoms with Gasteiger partial charge in [0, 0.05) is 23.3 Å². The zero-order valence-electron chi connectivity index (χ0n) is 13.7. The molecule has 3 rings (SSSR count). The van der Waals surface area contributed by atoms with Gasteiger partial charge in [-0.25, -0.2) is 9.97 Å². The van der Waals surface area contributed by atoms with E-state index in [1.54, 1.807) is 18.6 Å². The lowest BCUT2D eigenvalue weighted by Gasteiger charge is -2.11. The summed E-state index contributed by atoms with van der Waals surface area (Å²) in [5, 5.41) is 2.54. The summed E-state index contributed by atoms with van der Waals surface area (Å²) in [5.74, 6) is 1.21. The summed E-state index contributed by atoms with van der Waals surface area (Å²) < 4.78 is 5.72. The molecule has 0 saturated heterocycles. The van der Waals surface area contributed by atoms with Crippen LogP contribution in [0.5, 0.6) is 11.6 Å². The molecule has 1 aromatic carbocycles. The van der Waals surface area contributed by atoms with Crippen molar-refractivity contribution in [1.82, 2.24) is 15.0 Å². The fourth-order valence-corrected chi connectivity index (χ4v) is 2.80. The van der Waals surface area contributed by atoms with Crippen LogP contribution in [-0.2, 0) is 0 Å². The Labute approximate surface area is 140 Å². The van der Waals surface area contributed by atoms with E-state index in [0.29, 0.717) is 11.0 Å². The van der Waals surface area contributed by atoms with Gasteiger partial charge in [0.25, 0.3) is 0 Å². The van der Waals surface area contributed by atoms with Crippen LogP contribution in [0.2, 0.25) is 0 Å². The highest BCUT2D eigenvalue weighted by Gasteiger charge is 2.11. The first kappa shape index (κ1) is 16.9. The van der Waals surface area contributed by atoms with Gasteiger partial charge >= 0.3 is 0 Å². The van der Waals surface area contributed by atoms with Crippen molar-refractivity contribution in [1.29, 1.82) is 0 Å². The van der Waals surface area contributed by atoms with E-state index < -0.39 is 0 Å². The minimum absolute atomic E-state index is 0.474. The van der Waals surface area contributed by atoms with Gasteiger partial charge in [-0.1, -0.05) is 13.8 Å². The summed E-state index contributed by atoms with van der Waals surface area (Å²) in [4.78, 5) is 12.4. The maximum absolute atomic E-state index is 5.72. The molecule has 0 aliphatic heterocycles. The van der Waals surface area contributed by atoms with Crippen LogP contribution in [0, 0.1) is 13.8 Å². The zero-order chi connectivity index (χ0) is 16.8. The quantitative estimate of drug-likeness (QED) is 0.759. The van der Waals surface area contributed by atoms with E-state index in [1.165, 1.54) is 11.3 Å². The zero-order valence-corrected chi connectivity index (χ0v) is 14.5. The Kier molecular flexibility index (Phi) is 5.65. The van der Waals surface area contributed by atoms with E-state index in [2.05, 4.69) is 15.0 Å². The highest BCUT2D eigenvalue weighted by Crippen LogP contribution is 2.33. The number of nitrogens with two attached hydrogens (primary N) is 1. The highest BCUT2D eigenvalue weighted by atomic mass is 32.1. The van der Waals surface area contributed by atoms with Crippen molar-refractivity contribution in [3.63, 3.8) is 0 Å². The fourth-order valence-electron chi connectivity index (χ4n) is 2.25. The lowest BCUT2D eigenvalue weighted by atomic mass is 10.0. The summed E-state index contributed by atoms with van der Waals surface area (Å²) in [6.07, 6.45) is 4.79. The van der Waals surface area contributed by atoms with Gasteiger partial charge < -0.3 is 10.5 Å². The molecule has 6 heteroatoms. The van der Waals surface area contributed by atoms with Gasteiger partial charge in [0.2, 0.25) is 5.88 Å². The summed E-state index contributed by atoms with van der Waals surface area (Å²) in [6, 6.07) is 3.93. The van der Waals surface area contributed by atoms with E-state index >= 15 is 0 Å². The van der Waals surface area contributed by atoms with Crippen molar-refractivity contribution < 1.29 is 4.74 Å². The highest BCUT2D eigenvalue weighted by molar-refractivity contribution is 7.13. The molecule has 0 saturated carbocycles. The summed E-state index contributed by atoms with van der Waals surface area (Å²) in [6.45, 7) is 8.06. The molecule has 2 N–H and O–H groups in total. The van der Waals surface area contributed by atoms with Crippen LogP contribution in [0.1, 0.15) is 25.0 Å². The first-order valence-electron chi connectivity index (χ1n) is 7.40. The van der Waals surface area contributed by atoms with Crippen molar-refractivity contribution in [2.75, 3.05) is 5.73 Å². The number of nitrogens with zero attached hydrogens (tertiary/aromatic N) is 3. The molecule has 0 amide bonds. The normalized spacial score (nSPS) is 9.91. The number of aryl methyl sites for hydroxylation is 2. The minimum Gasteiger partial charge on any atom is -0.437 e. The molecule has 0 aliphatic carbocycles. The van der Waals surface area contributed by atoms with Crippen LogP contribution < -0.4 is 10.5 Å². The molecule has 0 bridgehead atoms. The van der Waals surface area contributed by atoms with Crippen LogP contribution in [-0.4, -0.2) is 15.0 Å². The molecule has 120 valence electrons. The average molecular weight is 328 g/mol. The fraction of sp³-hybridized carbons (Fsp3) is 0.235. The second-order valence-corrected chi connectivity index (χ2v) is 5.54. The molecule has 5 nitrogen and oxygen atoms in total. The standard InChI is InChI=1S/C15H14N4OS.C2H6/c1-9-5-11(20-13-7-17-3-4-18-13)6-10(2)14(9)12-8-21-15(16)19-12;1-2/h3-8H,1-2H3,(H2,16,19);1-2H3. The van der Waals surface area contributed by atoms with Gasteiger partial charge in [0.1, 0.15) is 5.75 Å². The molecule has 0 fully saturated rings. The number of nitrogen functional groups attached to an aromatic ring is 1. The Morgan fingerprint density at radius 3 is 2.30 bits per heavy atom. The molecule has 0 radical (unpaired) electrons. The van der Waals surface area contributed by atoms with Crippen molar-refractivity contribution in [3.05, 3.63) is 47.2 Å². The van der Waals surface area contributed by atoms with Gasteiger partial charge in [0.15, 0.2) is 5.13 Å². The van der Waals surface area contributed by atoms with Crippen LogP contribution in [0.3, 0.4) is 0 Å². The Hall–Kier alpha value is -2.47. The SMILES string of the molecule is CC.Cc1cc(Oc2cnccn2)cc(C)c1-c1csc(N)n1. The molecule has 2 heterocycles. The van der Waals surface area contributed by atoms with Crippen LogP contribution in [0.4, 0.5) is 5.13 Å². The van der Waals surface area contributed by atoms with E-state index in [9.17, 15) is 0 Å². The van der Waals surface area contributed by atoms with Gasteiger partial charge in [0.05, 0.1) is 11.9 Å². The first-order chi connectivity index (χ1) is 11.1. The van der Waals surface area contributed by atoms with Crippen molar-refractivity contribution in [2.45, 2.75) is 27.7 Å². The second-order valence-electron chi connectivity index (χ2n) is 4.65. The second kappa shape index (κ2) is 7.69. The van der Waals surface area contributed by atoms with Crippen molar-refractivity contribution in [3.8, 4) is 22.9 Å². The molecule has 0 aliphatic rings. The lowest BCUT2D eigenvalue weighted by Crippen LogP contribution is -1.93. The first-order valence-corrected chi connectivity index (χ1v) is 8.28. The molecule has 23 heavy (non-hydrogen) atoms. The van der Waals surface area contributed by atoms with E-state index in [-0.39, 0.29) is 0 Å². The van der Waals surface area contributed by atoms with Gasteiger partial charge in [-0.05, 0) is 37.1 Å². The third-order valence-corrected chi connectivity index (χ3v) is 3.72. The largest absolute Gasteiger partial charge is 0.437 e. The number of hydrogen-bond donors (Lipinski definition) is 1. The molecular weight excluding hydrogens is 308 g/mol. The summed E-state index contributed by atoms with van der Waals surface area (Å²) in [7, 11) is 0. The molecule has 3 aromatic rings. The number of ether oxygens (including phenoxy) is 1. The third-order valence-electron chi connectivity index (χ3n) is 3.05. The number of rotatable bonds is 3. The van der Waals surface area contributed by atoms with Gasteiger partial charge in [-0.3, -0.25) is 4.98 Å². The van der Waals surface area contributed by atoms with Crippen molar-refractivity contribution >= 4 is 16.5 Å². The Balaban J connectivity index is 0.000000924. The van der Waals surface area contributed by atoms with E-state index in [4.69, 9.17) is 10.5 Å². The number of benzene rings is 1. The predicted molar refractivity (Wildman–Crippen MR) is 94.9 cm³/mol. The maximum atomic E-state index is 5.72. The monoisotopic (exact) mass is 328 g/mol. The number of hydrogen-bond acceptors (Lipinski definition) is 6. The minimum atomic E-state index is 0.474. The van der Waals surface area contributed by atoms with Crippen LogP contribution >= 0.6 is 11.3 Å². The molecule has 2 aromatic heterocycles. The molecule has 0 atom stereocenters. The van der Waals surface area contributed by atoms with E-state index in [1.807, 2.05) is 45.2 Å². The van der Waals surface area contributed by atoms with E-state index in [0.717, 1.165) is 28.1 Å². The maximum Gasteiger partial charge on any atom is 0.237 e. The Morgan fingerprint density at radius 1 is 1.09 bits per heavy atom. The summed E-state index contributed by atoms with van der Waals surface area (Å²) >= 11 is 1.44. The third kappa shape index (κ3) is 4.04. The Morgan fingerprint density at radius 2 is 1.78 bits per heavy atom. The topological polar surface area (TPSA) is 73.9 Å². The lowest BCUT2D eigenvalue weighted by molar-refractivity contribution is 0.459. The van der Waals surface area contributed by atoms with Crippen LogP contribution in [0.15, 0.2) is 36.1 Å². The van der Waals surface area contributed by atoms with Gasteiger partial charge in [-0.15, -0.1) is 11.3 Å². The average Bonchev–Trinajstić information content (AvgIpc) is 2.96. The number of aromatic nitrogens is 3. The smallest absolute Gasteiger partial charge is 0.237 e. The number of anilines is 1. The molecule has 0 unspecified atom stereocenters. The number of thiazole rings is 1. The molecular formula is C17H20N4OS. The van der Waals surface area contributed by atoms with Crippen LogP contribution in [0.25, 0.3) is 11.3 Å². The van der Waals surface area contributed by atoms with Crippen molar-refractivity contribution in [2.24, 2.45) is 0 Å². The Bertz CT molecular complexity index is 748. The van der Waals surface area contributed by atoms with Gasteiger partial charge in [-0.2, -0.15) is 0 Å². The molecule has 0 spiro atoms.